The number of hydrogen-bond acceptors (Lipinski definition) is 12. The number of benzene rings is 2. The van der Waals surface area contributed by atoms with Crippen LogP contribution in [0.1, 0.15) is 74.4 Å². The van der Waals surface area contributed by atoms with E-state index < -0.39 is 102 Å². The summed E-state index contributed by atoms with van der Waals surface area (Å²) in [5.74, 6) is -3.93. The highest BCUT2D eigenvalue weighted by Gasteiger charge is 2.50. The maximum Gasteiger partial charge on any atom is 0.198 e. The zero-order valence-corrected chi connectivity index (χ0v) is 21.9. The average Bonchev–Trinajstić information content (AvgIpc) is 2.94. The van der Waals surface area contributed by atoms with E-state index >= 15 is 0 Å². The van der Waals surface area contributed by atoms with Crippen LogP contribution in [0.15, 0.2) is 18.2 Å². The van der Waals surface area contributed by atoms with Gasteiger partial charge in [0.2, 0.25) is 0 Å². The first-order valence-corrected chi connectivity index (χ1v) is 12.9. The molecule has 2 aliphatic carbocycles. The summed E-state index contributed by atoms with van der Waals surface area (Å²) in [6.45, 7) is 0.0635. The molecule has 0 spiro atoms. The lowest BCUT2D eigenvalue weighted by Gasteiger charge is -2.42. The number of phenols is 2. The van der Waals surface area contributed by atoms with Gasteiger partial charge in [-0.1, -0.05) is 18.2 Å². The Balaban J connectivity index is 1.68. The Labute approximate surface area is 228 Å². The maximum atomic E-state index is 13.7. The molecule has 3 aliphatic rings. The molecule has 214 valence electrons. The molecule has 1 fully saturated rings. The van der Waals surface area contributed by atoms with Gasteiger partial charge in [-0.15, -0.1) is 0 Å². The van der Waals surface area contributed by atoms with Crippen LogP contribution < -0.4 is 5.32 Å². The number of Topliss-reactive ketones (excluding diaryl/α,β-unsaturated/α-hetero) is 1. The van der Waals surface area contributed by atoms with Crippen molar-refractivity contribution in [2.45, 2.75) is 69.0 Å². The Morgan fingerprint density at radius 1 is 1.12 bits per heavy atom. The molecule has 0 aromatic heterocycles. The summed E-state index contributed by atoms with van der Waals surface area (Å²) in [4.78, 5) is 39.8. The summed E-state index contributed by atoms with van der Waals surface area (Å²) in [6.07, 6.45) is -4.76. The van der Waals surface area contributed by atoms with Crippen LogP contribution in [0.5, 0.6) is 11.5 Å². The second kappa shape index (κ2) is 10.3. The Hall–Kier alpha value is -3.23. The van der Waals surface area contributed by atoms with Crippen molar-refractivity contribution in [3.05, 3.63) is 57.1 Å². The van der Waals surface area contributed by atoms with Crippen molar-refractivity contribution in [2.24, 2.45) is 0 Å². The number of ketones is 3. The number of phenolic OH excluding ortho intramolecular Hbond substituents is 2. The smallest absolute Gasteiger partial charge is 0.198 e. The fraction of sp³-hybridized carbons (Fsp3) is 0.464. The van der Waals surface area contributed by atoms with E-state index in [0.717, 1.165) is 0 Å². The Kier molecular flexibility index (Phi) is 7.29. The van der Waals surface area contributed by atoms with Gasteiger partial charge in [0.05, 0.1) is 36.0 Å². The van der Waals surface area contributed by atoms with Gasteiger partial charge in [-0.3, -0.25) is 14.4 Å². The number of rotatable bonds is 6. The number of fused-ring (bicyclic) bond motifs is 3. The third-order valence-corrected chi connectivity index (χ3v) is 8.21. The van der Waals surface area contributed by atoms with Gasteiger partial charge in [0.1, 0.15) is 23.7 Å². The van der Waals surface area contributed by atoms with E-state index in [-0.39, 0.29) is 34.2 Å². The molecular weight excluding hydrogens is 526 g/mol. The van der Waals surface area contributed by atoms with Crippen LogP contribution >= 0.6 is 0 Å². The summed E-state index contributed by atoms with van der Waals surface area (Å²) in [6, 6.07) is 3.86. The number of aromatic hydroxyl groups is 2. The Bertz CT molecular complexity index is 1410. The molecule has 1 heterocycles. The second-order valence-electron chi connectivity index (χ2n) is 10.5. The standard InChI is InChI=1S/C28H31NO11/c1-11-23(33)15(29-2)6-18(39-11)40-16-8-28(38,17(32)10-31)7-14-20(16)27(37)22-21(25(14)35)24(34)13-5-3-4-12(9-30)19(13)26(22)36/h3-5,11,15-16,18,23,29-31,33,35,37-38H,6-10H2,1-2H3/t11?,15?,16-,18?,23?,28?/m0/s1. The van der Waals surface area contributed by atoms with Crippen LogP contribution in [0.2, 0.25) is 0 Å². The molecule has 1 aliphatic heterocycles. The van der Waals surface area contributed by atoms with Crippen LogP contribution in [-0.4, -0.2) is 91.8 Å². The van der Waals surface area contributed by atoms with Crippen LogP contribution in [0.4, 0.5) is 0 Å². The molecule has 0 radical (unpaired) electrons. The summed E-state index contributed by atoms with van der Waals surface area (Å²) >= 11 is 0. The van der Waals surface area contributed by atoms with E-state index in [1.165, 1.54) is 18.2 Å². The lowest BCUT2D eigenvalue weighted by molar-refractivity contribution is -0.249. The minimum absolute atomic E-state index is 0.0785. The van der Waals surface area contributed by atoms with E-state index in [2.05, 4.69) is 5.32 Å². The van der Waals surface area contributed by atoms with Gasteiger partial charge in [0.15, 0.2) is 23.6 Å². The molecule has 12 heteroatoms. The molecule has 40 heavy (non-hydrogen) atoms. The Morgan fingerprint density at radius 2 is 1.82 bits per heavy atom. The lowest BCUT2D eigenvalue weighted by Crippen LogP contribution is -2.53. The number of carbonyl (C=O) groups is 3. The van der Waals surface area contributed by atoms with Gasteiger partial charge in [0, 0.05) is 47.6 Å². The summed E-state index contributed by atoms with van der Waals surface area (Å²) in [5.41, 5.74) is -3.54. The highest BCUT2D eigenvalue weighted by atomic mass is 16.7. The minimum Gasteiger partial charge on any atom is -0.507 e. The summed E-state index contributed by atoms with van der Waals surface area (Å²) < 4.78 is 11.9. The van der Waals surface area contributed by atoms with Gasteiger partial charge in [-0.05, 0) is 19.5 Å². The Morgan fingerprint density at radius 3 is 2.48 bits per heavy atom. The molecule has 5 unspecified atom stereocenters. The number of likely N-dealkylation sites (N-methyl/N-ethyl adjacent to an activating group) is 1. The first-order chi connectivity index (χ1) is 19.0. The number of aliphatic hydroxyl groups excluding tert-OH is 3. The minimum atomic E-state index is -2.24. The van der Waals surface area contributed by atoms with Crippen molar-refractivity contribution >= 4 is 17.3 Å². The van der Waals surface area contributed by atoms with Crippen molar-refractivity contribution in [1.82, 2.24) is 5.32 Å². The molecule has 7 N–H and O–H groups in total. The molecule has 6 atom stereocenters. The van der Waals surface area contributed by atoms with Crippen molar-refractivity contribution in [2.75, 3.05) is 13.7 Å². The topological polar surface area (TPSA) is 203 Å². The van der Waals surface area contributed by atoms with Crippen LogP contribution in [0.3, 0.4) is 0 Å². The monoisotopic (exact) mass is 557 g/mol. The second-order valence-corrected chi connectivity index (χ2v) is 10.5. The quantitative estimate of drug-likeness (QED) is 0.196. The molecule has 0 amide bonds. The van der Waals surface area contributed by atoms with E-state index in [9.17, 15) is 45.0 Å². The van der Waals surface area contributed by atoms with Crippen molar-refractivity contribution in [1.29, 1.82) is 0 Å². The van der Waals surface area contributed by atoms with Crippen LogP contribution in [-0.2, 0) is 27.3 Å². The van der Waals surface area contributed by atoms with Crippen molar-refractivity contribution in [3.63, 3.8) is 0 Å². The molecule has 2 aromatic carbocycles. The van der Waals surface area contributed by atoms with Gasteiger partial charge in [-0.2, -0.15) is 0 Å². The predicted octanol–water partition coefficient (Wildman–Crippen LogP) is -0.254. The fourth-order valence-electron chi connectivity index (χ4n) is 6.07. The van der Waals surface area contributed by atoms with Crippen LogP contribution in [0.25, 0.3) is 0 Å². The largest absolute Gasteiger partial charge is 0.507 e. The first-order valence-electron chi connectivity index (χ1n) is 12.9. The van der Waals surface area contributed by atoms with Gasteiger partial charge in [-0.25, -0.2) is 0 Å². The van der Waals surface area contributed by atoms with Crippen LogP contribution in [0, 0.1) is 0 Å². The first kappa shape index (κ1) is 28.3. The number of ether oxygens (including phenoxy) is 2. The highest BCUT2D eigenvalue weighted by molar-refractivity contribution is 6.31. The lowest BCUT2D eigenvalue weighted by atomic mass is 9.71. The zero-order chi connectivity index (χ0) is 29.1. The highest BCUT2D eigenvalue weighted by Crippen LogP contribution is 2.52. The van der Waals surface area contributed by atoms with E-state index in [0.29, 0.717) is 0 Å². The molecule has 5 rings (SSSR count). The van der Waals surface area contributed by atoms with Gasteiger partial charge in [0.25, 0.3) is 0 Å². The molecule has 2 aromatic rings. The van der Waals surface area contributed by atoms with E-state index in [1.54, 1.807) is 14.0 Å². The average molecular weight is 558 g/mol. The molecule has 0 bridgehead atoms. The number of nitrogens with one attached hydrogen (secondary N) is 1. The third kappa shape index (κ3) is 4.23. The third-order valence-electron chi connectivity index (χ3n) is 8.21. The summed E-state index contributed by atoms with van der Waals surface area (Å²) in [7, 11) is 1.65. The van der Waals surface area contributed by atoms with E-state index in [1.807, 2.05) is 0 Å². The number of hydrogen-bond donors (Lipinski definition) is 7. The van der Waals surface area contributed by atoms with Crippen molar-refractivity contribution < 1.29 is 54.5 Å². The summed E-state index contributed by atoms with van der Waals surface area (Å²) in [5, 5.41) is 66.8. The normalized spacial score (nSPS) is 29.5. The fourth-order valence-corrected chi connectivity index (χ4v) is 6.07. The number of carbonyl (C=O) groups excluding carboxylic acids is 3. The zero-order valence-electron chi connectivity index (χ0n) is 21.9. The molecule has 12 nitrogen and oxygen atoms in total. The SMILES string of the molecule is CNC1CC(O[C@H]2CC(O)(C(=O)CO)Cc3c(O)c4c(c(O)c32)C(=O)c2c(CO)cccc2C4=O)OC(C)C1O. The molecule has 1 saturated heterocycles. The maximum absolute atomic E-state index is 13.7. The van der Waals surface area contributed by atoms with Crippen molar-refractivity contribution in [3.8, 4) is 11.5 Å². The van der Waals surface area contributed by atoms with Gasteiger partial charge >= 0.3 is 0 Å². The van der Waals surface area contributed by atoms with Gasteiger partial charge < -0.3 is 45.4 Å². The molecule has 0 saturated carbocycles. The molecular formula is C28H31NO11. The van der Waals surface area contributed by atoms with E-state index in [4.69, 9.17) is 9.47 Å². The number of aliphatic hydroxyl groups is 4. The predicted molar refractivity (Wildman–Crippen MR) is 136 cm³/mol.